The van der Waals surface area contributed by atoms with E-state index in [1.807, 2.05) is 0 Å². The average Bonchev–Trinajstić information content (AvgIpc) is 2.24. The van der Waals surface area contributed by atoms with Crippen molar-refractivity contribution in [1.82, 2.24) is 5.32 Å². The molecule has 0 aliphatic carbocycles. The molecular formula is C11H25ClN2O2. The summed E-state index contributed by atoms with van der Waals surface area (Å²) in [7, 11) is 0. The Morgan fingerprint density at radius 3 is 2.62 bits per heavy atom. The number of amides is 1. The molecule has 0 aliphatic rings. The molecule has 0 aliphatic heterocycles. The number of hydrogen-bond acceptors (Lipinski definition) is 3. The normalized spacial score (nSPS) is 11.7. The summed E-state index contributed by atoms with van der Waals surface area (Å²) >= 11 is 0. The van der Waals surface area contributed by atoms with Crippen LogP contribution < -0.4 is 11.1 Å². The molecule has 0 rings (SSSR count). The Bertz CT molecular complexity index is 168. The minimum Gasteiger partial charge on any atom is -0.369 e. The van der Waals surface area contributed by atoms with Crippen molar-refractivity contribution in [3.8, 4) is 0 Å². The lowest BCUT2D eigenvalue weighted by atomic mass is 10.3. The van der Waals surface area contributed by atoms with Gasteiger partial charge in [0.25, 0.3) is 0 Å². The van der Waals surface area contributed by atoms with Gasteiger partial charge in [0.1, 0.15) is 6.10 Å². The van der Waals surface area contributed by atoms with E-state index >= 15 is 0 Å². The van der Waals surface area contributed by atoms with Gasteiger partial charge in [-0.25, -0.2) is 0 Å². The van der Waals surface area contributed by atoms with Crippen molar-refractivity contribution in [3.63, 3.8) is 0 Å². The van der Waals surface area contributed by atoms with Gasteiger partial charge in [0.2, 0.25) is 5.91 Å². The molecule has 4 nitrogen and oxygen atoms in total. The summed E-state index contributed by atoms with van der Waals surface area (Å²) in [6, 6.07) is 0. The van der Waals surface area contributed by atoms with Crippen LogP contribution in [0.15, 0.2) is 0 Å². The third-order valence-electron chi connectivity index (χ3n) is 2.17. The fourth-order valence-corrected chi connectivity index (χ4v) is 1.10. The molecule has 16 heavy (non-hydrogen) atoms. The van der Waals surface area contributed by atoms with Crippen molar-refractivity contribution < 1.29 is 9.53 Å². The van der Waals surface area contributed by atoms with Crippen LogP contribution in [0.3, 0.4) is 0 Å². The molecule has 0 saturated carbocycles. The number of ether oxygens (including phenoxy) is 1. The number of hydrogen-bond donors (Lipinski definition) is 2. The number of halogens is 1. The monoisotopic (exact) mass is 252 g/mol. The van der Waals surface area contributed by atoms with E-state index < -0.39 is 0 Å². The second kappa shape index (κ2) is 12.7. The Morgan fingerprint density at radius 1 is 1.38 bits per heavy atom. The lowest BCUT2D eigenvalue weighted by Gasteiger charge is -2.12. The van der Waals surface area contributed by atoms with E-state index in [9.17, 15) is 4.79 Å². The van der Waals surface area contributed by atoms with Crippen molar-refractivity contribution in [2.45, 2.75) is 45.6 Å². The molecule has 1 unspecified atom stereocenters. The molecule has 0 aromatic rings. The fraction of sp³-hybridized carbons (Fsp3) is 0.909. The van der Waals surface area contributed by atoms with Crippen LogP contribution in [0, 0.1) is 0 Å². The van der Waals surface area contributed by atoms with Gasteiger partial charge in [-0.3, -0.25) is 4.79 Å². The Morgan fingerprint density at radius 2 is 2.06 bits per heavy atom. The molecule has 0 spiro atoms. The maximum atomic E-state index is 11.4. The Balaban J connectivity index is 0. The van der Waals surface area contributed by atoms with Crippen LogP contribution in [0.25, 0.3) is 0 Å². The second-order valence-corrected chi connectivity index (χ2v) is 3.65. The first kappa shape index (κ1) is 18.1. The highest BCUT2D eigenvalue weighted by Gasteiger charge is 2.11. The fourth-order valence-electron chi connectivity index (χ4n) is 1.10. The summed E-state index contributed by atoms with van der Waals surface area (Å²) in [5, 5.41) is 2.82. The molecule has 1 atom stereocenters. The Hall–Kier alpha value is -0.320. The molecule has 0 bridgehead atoms. The highest BCUT2D eigenvalue weighted by Crippen LogP contribution is 1.95. The highest BCUT2D eigenvalue weighted by atomic mass is 35.5. The summed E-state index contributed by atoms with van der Waals surface area (Å²) in [5.74, 6) is -0.0249. The van der Waals surface area contributed by atoms with Crippen LogP contribution in [0.5, 0.6) is 0 Å². The van der Waals surface area contributed by atoms with Gasteiger partial charge in [-0.15, -0.1) is 12.4 Å². The quantitative estimate of drug-likeness (QED) is 0.611. The zero-order chi connectivity index (χ0) is 11.5. The van der Waals surface area contributed by atoms with Gasteiger partial charge in [-0.05, 0) is 32.7 Å². The van der Waals surface area contributed by atoms with E-state index in [-0.39, 0.29) is 24.4 Å². The van der Waals surface area contributed by atoms with Crippen LogP contribution >= 0.6 is 12.4 Å². The standard InChI is InChI=1S/C11H24N2O2.ClH/c1-3-4-9-15-10(2)11(14)13-8-6-5-7-12;/h10H,3-9,12H2,1-2H3,(H,13,14);1H. The van der Waals surface area contributed by atoms with Gasteiger partial charge in [0.15, 0.2) is 0 Å². The third-order valence-corrected chi connectivity index (χ3v) is 2.17. The molecule has 0 heterocycles. The van der Waals surface area contributed by atoms with Crippen LogP contribution in [-0.2, 0) is 9.53 Å². The number of rotatable bonds is 9. The first-order valence-corrected chi connectivity index (χ1v) is 5.81. The Kier molecular flexibility index (Phi) is 14.4. The number of nitrogens with two attached hydrogens (primary N) is 1. The molecule has 98 valence electrons. The highest BCUT2D eigenvalue weighted by molar-refractivity contribution is 5.85. The number of nitrogens with one attached hydrogen (secondary N) is 1. The smallest absolute Gasteiger partial charge is 0.248 e. The van der Waals surface area contributed by atoms with E-state index in [1.165, 1.54) is 0 Å². The molecule has 0 saturated heterocycles. The summed E-state index contributed by atoms with van der Waals surface area (Å²) < 4.78 is 5.36. The first-order chi connectivity index (χ1) is 7.22. The van der Waals surface area contributed by atoms with Crippen LogP contribution in [0.2, 0.25) is 0 Å². The minimum absolute atomic E-state index is 0. The maximum absolute atomic E-state index is 11.4. The van der Waals surface area contributed by atoms with Crippen LogP contribution in [0.4, 0.5) is 0 Å². The molecule has 0 aromatic heterocycles. The van der Waals surface area contributed by atoms with E-state index in [2.05, 4.69) is 12.2 Å². The zero-order valence-electron chi connectivity index (χ0n) is 10.3. The lowest BCUT2D eigenvalue weighted by molar-refractivity contribution is -0.131. The van der Waals surface area contributed by atoms with Gasteiger partial charge in [-0.2, -0.15) is 0 Å². The predicted molar refractivity (Wildman–Crippen MR) is 68.9 cm³/mol. The van der Waals surface area contributed by atoms with Gasteiger partial charge < -0.3 is 15.8 Å². The number of carbonyl (C=O) groups excluding carboxylic acids is 1. The van der Waals surface area contributed by atoms with Crippen molar-refractivity contribution in [1.29, 1.82) is 0 Å². The molecule has 0 radical (unpaired) electrons. The molecule has 5 heteroatoms. The van der Waals surface area contributed by atoms with E-state index in [1.54, 1.807) is 6.92 Å². The SMILES string of the molecule is CCCCOC(C)C(=O)NCCCCN.Cl. The van der Waals surface area contributed by atoms with E-state index in [0.29, 0.717) is 19.7 Å². The van der Waals surface area contributed by atoms with Crippen molar-refractivity contribution in [2.24, 2.45) is 5.73 Å². The van der Waals surface area contributed by atoms with E-state index in [4.69, 9.17) is 10.5 Å². The molecule has 0 fully saturated rings. The number of carbonyl (C=O) groups is 1. The average molecular weight is 253 g/mol. The van der Waals surface area contributed by atoms with Gasteiger partial charge >= 0.3 is 0 Å². The summed E-state index contributed by atoms with van der Waals surface area (Å²) in [4.78, 5) is 11.4. The van der Waals surface area contributed by atoms with Crippen LogP contribution in [0.1, 0.15) is 39.5 Å². The topological polar surface area (TPSA) is 64.3 Å². The Labute approximate surface area is 105 Å². The molecular weight excluding hydrogens is 228 g/mol. The van der Waals surface area contributed by atoms with Gasteiger partial charge in [0, 0.05) is 13.2 Å². The number of unbranched alkanes of at least 4 members (excludes halogenated alkanes) is 2. The lowest BCUT2D eigenvalue weighted by Crippen LogP contribution is -2.35. The van der Waals surface area contributed by atoms with Gasteiger partial charge in [-0.1, -0.05) is 13.3 Å². The summed E-state index contributed by atoms with van der Waals surface area (Å²) in [6.45, 7) is 5.92. The van der Waals surface area contributed by atoms with E-state index in [0.717, 1.165) is 25.7 Å². The minimum atomic E-state index is -0.338. The largest absolute Gasteiger partial charge is 0.369 e. The van der Waals surface area contributed by atoms with Crippen molar-refractivity contribution in [2.75, 3.05) is 19.7 Å². The third kappa shape index (κ3) is 10.2. The summed E-state index contributed by atoms with van der Waals surface area (Å²) in [6.07, 6.45) is 3.64. The van der Waals surface area contributed by atoms with Crippen molar-refractivity contribution in [3.05, 3.63) is 0 Å². The van der Waals surface area contributed by atoms with Crippen LogP contribution in [-0.4, -0.2) is 31.7 Å². The van der Waals surface area contributed by atoms with Crippen molar-refractivity contribution >= 4 is 18.3 Å². The molecule has 0 aromatic carbocycles. The predicted octanol–water partition coefficient (Wildman–Crippen LogP) is 1.47. The molecule has 3 N–H and O–H groups in total. The summed E-state index contributed by atoms with van der Waals surface area (Å²) in [5.41, 5.74) is 5.35. The maximum Gasteiger partial charge on any atom is 0.248 e. The molecule has 1 amide bonds. The second-order valence-electron chi connectivity index (χ2n) is 3.65. The first-order valence-electron chi connectivity index (χ1n) is 5.81. The van der Waals surface area contributed by atoms with Gasteiger partial charge in [0.05, 0.1) is 0 Å². The zero-order valence-corrected chi connectivity index (χ0v) is 11.1.